The quantitative estimate of drug-likeness (QED) is 0.837. The van der Waals surface area contributed by atoms with Gasteiger partial charge in [0.2, 0.25) is 5.95 Å². The van der Waals surface area contributed by atoms with E-state index in [1.165, 1.54) is 6.07 Å². The van der Waals surface area contributed by atoms with E-state index in [9.17, 15) is 4.39 Å². The zero-order valence-corrected chi connectivity index (χ0v) is 13.2. The third kappa shape index (κ3) is 3.50. The van der Waals surface area contributed by atoms with Crippen LogP contribution in [-0.4, -0.2) is 16.5 Å². The third-order valence-electron chi connectivity index (χ3n) is 3.27. The predicted molar refractivity (Wildman–Crippen MR) is 85.6 cm³/mol. The van der Waals surface area contributed by atoms with Crippen LogP contribution in [0, 0.1) is 5.82 Å². The second-order valence-corrected chi connectivity index (χ2v) is 5.97. The van der Waals surface area contributed by atoms with Gasteiger partial charge in [0.1, 0.15) is 11.6 Å². The summed E-state index contributed by atoms with van der Waals surface area (Å²) in [4.78, 5) is 8.88. The molecule has 0 bridgehead atoms. The van der Waals surface area contributed by atoms with Crippen LogP contribution >= 0.6 is 15.9 Å². The molecule has 0 spiro atoms. The lowest BCUT2D eigenvalue weighted by Crippen LogP contribution is -2.06. The molecule has 2 aromatic rings. The lowest BCUT2D eigenvalue weighted by Gasteiger charge is -2.11. The van der Waals surface area contributed by atoms with Gasteiger partial charge >= 0.3 is 0 Å². The molecule has 110 valence electrons. The van der Waals surface area contributed by atoms with Gasteiger partial charge in [-0.2, -0.15) is 4.98 Å². The Morgan fingerprint density at radius 2 is 2.10 bits per heavy atom. The van der Waals surface area contributed by atoms with Gasteiger partial charge in [-0.1, -0.05) is 15.9 Å². The average Bonchev–Trinajstić information content (AvgIpc) is 3.27. The highest BCUT2D eigenvalue weighted by Crippen LogP contribution is 2.40. The zero-order valence-electron chi connectivity index (χ0n) is 11.7. The maximum Gasteiger partial charge on any atom is 0.224 e. The summed E-state index contributed by atoms with van der Waals surface area (Å²) in [5.74, 6) is 1.40. The van der Waals surface area contributed by atoms with Crippen molar-refractivity contribution in [3.8, 4) is 0 Å². The molecule has 0 unspecified atom stereocenters. The topological polar surface area (TPSA) is 49.8 Å². The van der Waals surface area contributed by atoms with Crippen molar-refractivity contribution in [2.45, 2.75) is 25.7 Å². The van der Waals surface area contributed by atoms with E-state index < -0.39 is 0 Å². The SMILES string of the molecule is CCNc1nc(Nc2ccc(Br)cc2F)cc(C2CC2)n1. The standard InChI is InChI=1S/C15H16BrFN4/c1-2-18-15-20-13(9-3-4-9)8-14(21-15)19-12-6-5-10(16)7-11(12)17/h5-9H,2-4H2,1H3,(H2,18,19,20,21). The maximum atomic E-state index is 13.9. The van der Waals surface area contributed by atoms with Crippen molar-refractivity contribution < 1.29 is 4.39 Å². The molecule has 0 radical (unpaired) electrons. The Bertz CT molecular complexity index is 658. The highest BCUT2D eigenvalue weighted by Gasteiger charge is 2.26. The Kier molecular flexibility index (Phi) is 4.05. The van der Waals surface area contributed by atoms with Gasteiger partial charge in [0.15, 0.2) is 0 Å². The van der Waals surface area contributed by atoms with E-state index in [-0.39, 0.29) is 5.82 Å². The van der Waals surface area contributed by atoms with Gasteiger partial charge in [0, 0.05) is 23.0 Å². The number of hydrogen-bond donors (Lipinski definition) is 2. The second kappa shape index (κ2) is 5.97. The van der Waals surface area contributed by atoms with Crippen LogP contribution in [0.3, 0.4) is 0 Å². The van der Waals surface area contributed by atoms with Crippen molar-refractivity contribution in [1.82, 2.24) is 9.97 Å². The third-order valence-corrected chi connectivity index (χ3v) is 3.76. The maximum absolute atomic E-state index is 13.9. The van der Waals surface area contributed by atoms with Crippen molar-refractivity contribution in [3.05, 3.63) is 40.2 Å². The first-order valence-electron chi connectivity index (χ1n) is 7.00. The molecule has 0 amide bonds. The molecule has 1 aliphatic carbocycles. The summed E-state index contributed by atoms with van der Waals surface area (Å²) in [6.07, 6.45) is 2.32. The van der Waals surface area contributed by atoms with Gasteiger partial charge in [-0.25, -0.2) is 9.37 Å². The largest absolute Gasteiger partial charge is 0.354 e. The molecule has 0 saturated heterocycles. The van der Waals surface area contributed by atoms with Crippen molar-refractivity contribution in [2.24, 2.45) is 0 Å². The lowest BCUT2D eigenvalue weighted by molar-refractivity contribution is 0.631. The number of halogens is 2. The number of rotatable bonds is 5. The molecule has 1 aliphatic rings. The van der Waals surface area contributed by atoms with Crippen molar-refractivity contribution in [1.29, 1.82) is 0 Å². The summed E-state index contributed by atoms with van der Waals surface area (Å²) in [5, 5.41) is 6.15. The molecule has 6 heteroatoms. The fourth-order valence-corrected chi connectivity index (χ4v) is 2.42. The predicted octanol–water partition coefficient (Wildman–Crippen LogP) is 4.43. The van der Waals surface area contributed by atoms with Gasteiger partial charge in [-0.05, 0) is 38.0 Å². The molecular weight excluding hydrogens is 335 g/mol. The van der Waals surface area contributed by atoms with Crippen LogP contribution in [0.5, 0.6) is 0 Å². The first-order valence-corrected chi connectivity index (χ1v) is 7.80. The van der Waals surface area contributed by atoms with Crippen LogP contribution < -0.4 is 10.6 Å². The van der Waals surface area contributed by atoms with Gasteiger partial charge < -0.3 is 10.6 Å². The number of nitrogens with one attached hydrogen (secondary N) is 2. The summed E-state index contributed by atoms with van der Waals surface area (Å²) < 4.78 is 14.6. The van der Waals surface area contributed by atoms with E-state index >= 15 is 0 Å². The van der Waals surface area contributed by atoms with E-state index in [1.54, 1.807) is 12.1 Å². The van der Waals surface area contributed by atoms with Crippen molar-refractivity contribution in [2.75, 3.05) is 17.2 Å². The molecule has 1 fully saturated rings. The minimum atomic E-state index is -0.319. The Morgan fingerprint density at radius 1 is 1.29 bits per heavy atom. The smallest absolute Gasteiger partial charge is 0.224 e. The highest BCUT2D eigenvalue weighted by molar-refractivity contribution is 9.10. The van der Waals surface area contributed by atoms with E-state index in [4.69, 9.17) is 0 Å². The molecular formula is C15H16BrFN4. The highest BCUT2D eigenvalue weighted by atomic mass is 79.9. The minimum absolute atomic E-state index is 0.319. The Balaban J connectivity index is 1.89. The van der Waals surface area contributed by atoms with Crippen LogP contribution in [0.15, 0.2) is 28.7 Å². The Hall–Kier alpha value is -1.69. The monoisotopic (exact) mass is 350 g/mol. The Labute approximate surface area is 131 Å². The van der Waals surface area contributed by atoms with Crippen LogP contribution in [-0.2, 0) is 0 Å². The van der Waals surface area contributed by atoms with Crippen LogP contribution in [0.1, 0.15) is 31.4 Å². The van der Waals surface area contributed by atoms with E-state index in [1.807, 2.05) is 13.0 Å². The lowest BCUT2D eigenvalue weighted by atomic mass is 10.2. The van der Waals surface area contributed by atoms with Gasteiger partial charge in [-0.15, -0.1) is 0 Å². The van der Waals surface area contributed by atoms with Crippen LogP contribution in [0.4, 0.5) is 21.8 Å². The van der Waals surface area contributed by atoms with E-state index in [0.717, 1.165) is 25.1 Å². The molecule has 1 aromatic carbocycles. The molecule has 0 atom stereocenters. The normalized spacial score (nSPS) is 14.0. The molecule has 1 saturated carbocycles. The van der Waals surface area contributed by atoms with Gasteiger partial charge in [0.05, 0.1) is 11.4 Å². The molecule has 1 heterocycles. The molecule has 3 rings (SSSR count). The number of benzene rings is 1. The number of hydrogen-bond acceptors (Lipinski definition) is 4. The zero-order chi connectivity index (χ0) is 14.8. The molecule has 1 aromatic heterocycles. The fourth-order valence-electron chi connectivity index (χ4n) is 2.08. The first kappa shape index (κ1) is 14.3. The summed E-state index contributed by atoms with van der Waals surface area (Å²) in [6.45, 7) is 2.74. The van der Waals surface area contributed by atoms with E-state index in [2.05, 4.69) is 36.5 Å². The van der Waals surface area contributed by atoms with Crippen LogP contribution in [0.25, 0.3) is 0 Å². The van der Waals surface area contributed by atoms with E-state index in [0.29, 0.717) is 27.8 Å². The Morgan fingerprint density at radius 3 is 2.76 bits per heavy atom. The molecule has 4 nitrogen and oxygen atoms in total. The summed E-state index contributed by atoms with van der Waals surface area (Å²) >= 11 is 3.25. The fraction of sp³-hybridized carbons (Fsp3) is 0.333. The van der Waals surface area contributed by atoms with Crippen molar-refractivity contribution >= 4 is 33.4 Å². The molecule has 2 N–H and O–H groups in total. The number of aromatic nitrogens is 2. The second-order valence-electron chi connectivity index (χ2n) is 5.06. The van der Waals surface area contributed by atoms with Gasteiger partial charge in [0.25, 0.3) is 0 Å². The van der Waals surface area contributed by atoms with Crippen LogP contribution in [0.2, 0.25) is 0 Å². The van der Waals surface area contributed by atoms with Crippen molar-refractivity contribution in [3.63, 3.8) is 0 Å². The summed E-state index contributed by atoms with van der Waals surface area (Å²) in [5.41, 5.74) is 1.42. The molecule has 21 heavy (non-hydrogen) atoms. The first-order chi connectivity index (χ1) is 10.2. The number of nitrogens with zero attached hydrogens (tertiary/aromatic N) is 2. The summed E-state index contributed by atoms with van der Waals surface area (Å²) in [7, 11) is 0. The molecule has 0 aliphatic heterocycles. The number of anilines is 3. The minimum Gasteiger partial charge on any atom is -0.354 e. The average molecular weight is 351 g/mol. The summed E-state index contributed by atoms with van der Waals surface area (Å²) in [6, 6.07) is 6.81. The van der Waals surface area contributed by atoms with Gasteiger partial charge in [-0.3, -0.25) is 0 Å².